The van der Waals surface area contributed by atoms with Gasteiger partial charge in [-0.05, 0) is 6.07 Å². The third kappa shape index (κ3) is 2.19. The molecule has 1 aromatic rings. The van der Waals surface area contributed by atoms with E-state index >= 15 is 0 Å². The molecule has 0 amide bonds. The van der Waals surface area contributed by atoms with Crippen LogP contribution in [-0.2, 0) is 4.79 Å². The van der Waals surface area contributed by atoms with Crippen molar-refractivity contribution < 1.29 is 14.8 Å². The van der Waals surface area contributed by atoms with Crippen LogP contribution in [0.1, 0.15) is 6.42 Å². The lowest BCUT2D eigenvalue weighted by molar-refractivity contribution is -0.427. The normalized spacial score (nSPS) is 12.6. The second kappa shape index (κ2) is 4.46. The van der Waals surface area contributed by atoms with E-state index in [0.717, 1.165) is 11.4 Å². The van der Waals surface area contributed by atoms with Crippen LogP contribution in [0.25, 0.3) is 0 Å². The number of hydrogen-bond donors (Lipinski definition) is 2. The number of hydrogen-bond acceptors (Lipinski definition) is 4. The number of nitrogens with two attached hydrogens (primary N) is 1. The van der Waals surface area contributed by atoms with Gasteiger partial charge >= 0.3 is 5.97 Å². The summed E-state index contributed by atoms with van der Waals surface area (Å²) in [6.45, 7) is 0. The van der Waals surface area contributed by atoms with Crippen molar-refractivity contribution in [2.45, 2.75) is 6.42 Å². The van der Waals surface area contributed by atoms with Crippen LogP contribution in [0.5, 0.6) is 5.75 Å². The van der Waals surface area contributed by atoms with E-state index in [-0.39, 0.29) is 5.97 Å². The fourth-order valence-electron chi connectivity index (χ4n) is 1.35. The molecule has 15 heavy (non-hydrogen) atoms. The fraction of sp³-hybridized carbons (Fsp3) is 0.200. The van der Waals surface area contributed by atoms with E-state index in [1.165, 1.54) is 0 Å². The van der Waals surface area contributed by atoms with Gasteiger partial charge in [0.05, 0.1) is 6.42 Å². The molecule has 0 spiro atoms. The van der Waals surface area contributed by atoms with Crippen LogP contribution >= 0.6 is 12.6 Å². The number of quaternary nitrogens is 1. The number of benzene rings is 1. The zero-order chi connectivity index (χ0) is 10.7. The highest BCUT2D eigenvalue weighted by Crippen LogP contribution is 2.34. The maximum atomic E-state index is 11.3. The minimum absolute atomic E-state index is 0.277. The molecule has 0 atom stereocenters. The SMILES string of the molecule is O=C(CCS)Oc1cccc2c1N=C[NH2+]2. The van der Waals surface area contributed by atoms with E-state index in [0.29, 0.717) is 17.9 Å². The molecule has 0 aromatic heterocycles. The summed E-state index contributed by atoms with van der Waals surface area (Å²) < 4.78 is 5.18. The molecular formula is C10H11N2O2S+. The predicted octanol–water partition coefficient (Wildman–Crippen LogP) is 0.780. The minimum atomic E-state index is -0.277. The number of fused-ring (bicyclic) bond motifs is 1. The summed E-state index contributed by atoms with van der Waals surface area (Å²) in [4.78, 5) is 15.4. The van der Waals surface area contributed by atoms with Crippen LogP contribution in [0.15, 0.2) is 23.2 Å². The number of carbonyl (C=O) groups is 1. The number of thiol groups is 1. The van der Waals surface area contributed by atoms with E-state index in [9.17, 15) is 4.79 Å². The van der Waals surface area contributed by atoms with Crippen molar-refractivity contribution in [1.29, 1.82) is 0 Å². The number of para-hydroxylation sites is 1. The molecule has 4 nitrogen and oxygen atoms in total. The average molecular weight is 223 g/mol. The van der Waals surface area contributed by atoms with Gasteiger partial charge in [-0.2, -0.15) is 17.6 Å². The lowest BCUT2D eigenvalue weighted by atomic mass is 10.2. The summed E-state index contributed by atoms with van der Waals surface area (Å²) in [5, 5.41) is 1.88. The summed E-state index contributed by atoms with van der Waals surface area (Å²) in [6.07, 6.45) is 2.00. The van der Waals surface area contributed by atoms with Gasteiger partial charge in [0.25, 0.3) is 0 Å². The molecule has 5 heteroatoms. The molecule has 0 bridgehead atoms. The Morgan fingerprint density at radius 3 is 3.20 bits per heavy atom. The first-order valence-corrected chi connectivity index (χ1v) is 5.26. The molecule has 1 aliphatic rings. The number of carbonyl (C=O) groups excluding carboxylic acids is 1. The summed E-state index contributed by atoms with van der Waals surface area (Å²) in [5.41, 5.74) is 1.70. The average Bonchev–Trinajstić information content (AvgIpc) is 2.67. The molecule has 0 radical (unpaired) electrons. The summed E-state index contributed by atoms with van der Waals surface area (Å²) in [5.74, 6) is 0.730. The highest BCUT2D eigenvalue weighted by Gasteiger charge is 2.17. The van der Waals surface area contributed by atoms with Gasteiger partial charge in [0.2, 0.25) is 0 Å². The standard InChI is InChI=1S/C10H10N2O2S/c13-9(4-5-15)14-8-3-1-2-7-10(8)12-6-11-7/h1-3,6,15H,4-5H2,(H,11,12)/p+1. The van der Waals surface area contributed by atoms with Crippen LogP contribution in [-0.4, -0.2) is 18.1 Å². The van der Waals surface area contributed by atoms with Crippen LogP contribution in [0, 0.1) is 0 Å². The Bertz CT molecular complexity index is 418. The van der Waals surface area contributed by atoms with E-state index in [2.05, 4.69) is 17.6 Å². The highest BCUT2D eigenvalue weighted by atomic mass is 32.1. The second-order valence-electron chi connectivity index (χ2n) is 3.09. The Labute approximate surface area is 92.8 Å². The molecule has 1 heterocycles. The summed E-state index contributed by atoms with van der Waals surface area (Å²) in [7, 11) is 0. The van der Waals surface area contributed by atoms with Gasteiger partial charge in [-0.15, -0.1) is 0 Å². The van der Waals surface area contributed by atoms with Crippen molar-refractivity contribution in [2.24, 2.45) is 4.99 Å². The number of esters is 1. The topological polar surface area (TPSA) is 55.3 Å². The van der Waals surface area contributed by atoms with Crippen LogP contribution < -0.4 is 10.1 Å². The zero-order valence-electron chi connectivity index (χ0n) is 8.01. The Kier molecular flexibility index (Phi) is 3.03. The molecule has 1 aromatic carbocycles. The van der Waals surface area contributed by atoms with Gasteiger partial charge in [0, 0.05) is 11.8 Å². The lowest BCUT2D eigenvalue weighted by Gasteiger charge is -2.04. The quantitative estimate of drug-likeness (QED) is 0.344. The van der Waals surface area contributed by atoms with Crippen LogP contribution in [0.3, 0.4) is 0 Å². The van der Waals surface area contributed by atoms with Gasteiger partial charge in [-0.25, -0.2) is 0 Å². The smallest absolute Gasteiger partial charge is 0.312 e. The first-order valence-electron chi connectivity index (χ1n) is 4.63. The Hall–Kier alpha value is -1.33. The first kappa shape index (κ1) is 10.2. The molecule has 78 valence electrons. The van der Waals surface area contributed by atoms with Crippen molar-refractivity contribution >= 4 is 36.3 Å². The van der Waals surface area contributed by atoms with Gasteiger partial charge in [0.15, 0.2) is 23.5 Å². The highest BCUT2D eigenvalue weighted by molar-refractivity contribution is 7.80. The third-order valence-corrected chi connectivity index (χ3v) is 2.25. The number of aliphatic imine (C=N–C) groups is 1. The van der Waals surface area contributed by atoms with Crippen molar-refractivity contribution in [3.05, 3.63) is 18.2 Å². The molecule has 1 aliphatic heterocycles. The van der Waals surface area contributed by atoms with E-state index < -0.39 is 0 Å². The Balaban J connectivity index is 2.18. The Morgan fingerprint density at radius 1 is 1.53 bits per heavy atom. The van der Waals surface area contributed by atoms with Gasteiger partial charge in [-0.1, -0.05) is 6.07 Å². The van der Waals surface area contributed by atoms with Crippen molar-refractivity contribution in [2.75, 3.05) is 5.75 Å². The number of ether oxygens (including phenoxy) is 1. The fourth-order valence-corrected chi connectivity index (χ4v) is 1.53. The van der Waals surface area contributed by atoms with Gasteiger partial charge in [-0.3, -0.25) is 10.1 Å². The van der Waals surface area contributed by atoms with Gasteiger partial charge in [0.1, 0.15) is 0 Å². The minimum Gasteiger partial charge on any atom is -0.424 e. The lowest BCUT2D eigenvalue weighted by Crippen LogP contribution is -2.74. The molecule has 2 rings (SSSR count). The molecule has 0 unspecified atom stereocenters. The molecule has 2 N–H and O–H groups in total. The first-order chi connectivity index (χ1) is 7.31. The van der Waals surface area contributed by atoms with Crippen LogP contribution in [0.4, 0.5) is 11.4 Å². The summed E-state index contributed by atoms with van der Waals surface area (Å²) in [6, 6.07) is 5.51. The van der Waals surface area contributed by atoms with E-state index in [1.54, 1.807) is 12.4 Å². The molecule has 0 fully saturated rings. The molecule has 0 aliphatic carbocycles. The predicted molar refractivity (Wildman–Crippen MR) is 60.3 cm³/mol. The number of rotatable bonds is 3. The van der Waals surface area contributed by atoms with Crippen molar-refractivity contribution in [1.82, 2.24) is 0 Å². The largest absolute Gasteiger partial charge is 0.424 e. The molecule has 0 saturated heterocycles. The van der Waals surface area contributed by atoms with Crippen molar-refractivity contribution in [3.8, 4) is 5.75 Å². The van der Waals surface area contributed by atoms with Crippen molar-refractivity contribution in [3.63, 3.8) is 0 Å². The third-order valence-electron chi connectivity index (χ3n) is 2.03. The Morgan fingerprint density at radius 2 is 2.40 bits per heavy atom. The number of nitrogens with zero attached hydrogens (tertiary/aromatic N) is 1. The molecule has 0 saturated carbocycles. The summed E-state index contributed by atoms with van der Waals surface area (Å²) >= 11 is 3.97. The molecular weight excluding hydrogens is 212 g/mol. The van der Waals surface area contributed by atoms with Gasteiger partial charge < -0.3 is 4.74 Å². The maximum absolute atomic E-state index is 11.3. The second-order valence-corrected chi connectivity index (χ2v) is 3.53. The monoisotopic (exact) mass is 223 g/mol. The van der Waals surface area contributed by atoms with Crippen LogP contribution in [0.2, 0.25) is 0 Å². The van der Waals surface area contributed by atoms with E-state index in [1.807, 2.05) is 17.4 Å². The van der Waals surface area contributed by atoms with E-state index in [4.69, 9.17) is 4.74 Å². The zero-order valence-corrected chi connectivity index (χ0v) is 8.91. The maximum Gasteiger partial charge on any atom is 0.312 e.